The highest BCUT2D eigenvalue weighted by Gasteiger charge is 2.35. The van der Waals surface area contributed by atoms with Crippen molar-refractivity contribution in [1.82, 2.24) is 9.78 Å². The van der Waals surface area contributed by atoms with Gasteiger partial charge < -0.3 is 10.1 Å². The highest BCUT2D eigenvalue weighted by atomic mass is 35.5. The highest BCUT2D eigenvalue weighted by Crippen LogP contribution is 2.31. The average molecular weight is 481 g/mol. The SMILES string of the molecule is CCOC(=O)CCc1cccc(-n2nc(C(F)(F)F)cc2NC(=O)Nc2ccc(Cl)cc2)c1. The molecule has 0 radical (unpaired) electrons. The minimum absolute atomic E-state index is 0.124. The Kier molecular flexibility index (Phi) is 7.59. The molecule has 2 aromatic carbocycles. The van der Waals surface area contributed by atoms with Crippen LogP contribution in [0.4, 0.5) is 29.5 Å². The van der Waals surface area contributed by atoms with Crippen molar-refractivity contribution >= 4 is 35.1 Å². The molecule has 2 N–H and O–H groups in total. The van der Waals surface area contributed by atoms with E-state index in [9.17, 15) is 22.8 Å². The number of aryl methyl sites for hydroxylation is 1. The Morgan fingerprint density at radius 2 is 1.82 bits per heavy atom. The summed E-state index contributed by atoms with van der Waals surface area (Å²) in [5, 5.41) is 9.01. The summed E-state index contributed by atoms with van der Waals surface area (Å²) in [7, 11) is 0. The Labute approximate surface area is 192 Å². The van der Waals surface area contributed by atoms with Gasteiger partial charge in [-0.3, -0.25) is 10.1 Å². The van der Waals surface area contributed by atoms with Crippen molar-refractivity contribution in [2.24, 2.45) is 0 Å². The number of alkyl halides is 3. The van der Waals surface area contributed by atoms with Gasteiger partial charge in [0.05, 0.1) is 12.3 Å². The maximum absolute atomic E-state index is 13.3. The van der Waals surface area contributed by atoms with Crippen LogP contribution in [0.25, 0.3) is 5.69 Å². The number of carbonyl (C=O) groups is 2. The van der Waals surface area contributed by atoms with Crippen LogP contribution in [0.1, 0.15) is 24.6 Å². The molecule has 3 rings (SSSR count). The van der Waals surface area contributed by atoms with Crippen molar-refractivity contribution in [2.45, 2.75) is 25.9 Å². The second-order valence-corrected chi connectivity index (χ2v) is 7.32. The molecule has 0 saturated heterocycles. The van der Waals surface area contributed by atoms with Crippen LogP contribution in [0, 0.1) is 0 Å². The van der Waals surface area contributed by atoms with Crippen molar-refractivity contribution in [1.29, 1.82) is 0 Å². The van der Waals surface area contributed by atoms with Crippen LogP contribution in [0.15, 0.2) is 54.6 Å². The summed E-state index contributed by atoms with van der Waals surface area (Å²) in [4.78, 5) is 24.0. The fourth-order valence-electron chi connectivity index (χ4n) is 2.94. The number of nitrogens with one attached hydrogen (secondary N) is 2. The number of hydrogen-bond acceptors (Lipinski definition) is 4. The van der Waals surface area contributed by atoms with Gasteiger partial charge in [-0.05, 0) is 55.3 Å². The van der Waals surface area contributed by atoms with Crippen molar-refractivity contribution in [3.8, 4) is 5.69 Å². The van der Waals surface area contributed by atoms with Gasteiger partial charge in [-0.15, -0.1) is 0 Å². The summed E-state index contributed by atoms with van der Waals surface area (Å²) in [5.74, 6) is -0.557. The Hall–Kier alpha value is -3.53. The fourth-order valence-corrected chi connectivity index (χ4v) is 3.07. The molecule has 0 unspecified atom stereocenters. The monoisotopic (exact) mass is 480 g/mol. The molecule has 0 bridgehead atoms. The molecule has 174 valence electrons. The van der Waals surface area contributed by atoms with Crippen LogP contribution in [0.3, 0.4) is 0 Å². The number of aromatic nitrogens is 2. The van der Waals surface area contributed by atoms with Gasteiger partial charge in [-0.1, -0.05) is 23.7 Å². The molecule has 1 heterocycles. The van der Waals surface area contributed by atoms with Crippen molar-refractivity contribution < 1.29 is 27.5 Å². The molecule has 11 heteroatoms. The third-order valence-electron chi connectivity index (χ3n) is 4.42. The number of rotatable bonds is 7. The predicted octanol–water partition coefficient (Wildman–Crippen LogP) is 5.68. The van der Waals surface area contributed by atoms with E-state index >= 15 is 0 Å². The molecule has 0 atom stereocenters. The standard InChI is InChI=1S/C22H20ClF3N4O3/c1-2-33-20(31)11-6-14-4-3-5-17(12-14)30-19(13-18(29-30)22(24,25)26)28-21(32)27-16-9-7-15(23)8-10-16/h3-5,7-10,12-13H,2,6,11H2,1H3,(H2,27,28,32). The Morgan fingerprint density at radius 1 is 1.09 bits per heavy atom. The molecule has 0 aliphatic rings. The van der Waals surface area contributed by atoms with Gasteiger partial charge in [-0.25, -0.2) is 9.48 Å². The van der Waals surface area contributed by atoms with Crippen molar-refractivity contribution in [2.75, 3.05) is 17.2 Å². The number of urea groups is 1. The summed E-state index contributed by atoms with van der Waals surface area (Å²) >= 11 is 5.81. The first-order chi connectivity index (χ1) is 15.7. The highest BCUT2D eigenvalue weighted by molar-refractivity contribution is 6.30. The quantitative estimate of drug-likeness (QED) is 0.426. The topological polar surface area (TPSA) is 85.2 Å². The van der Waals surface area contributed by atoms with Crippen LogP contribution in [0.2, 0.25) is 5.02 Å². The van der Waals surface area contributed by atoms with E-state index in [4.69, 9.17) is 16.3 Å². The molecule has 33 heavy (non-hydrogen) atoms. The van der Waals surface area contributed by atoms with E-state index in [2.05, 4.69) is 15.7 Å². The fraction of sp³-hybridized carbons (Fsp3) is 0.227. The number of carbonyl (C=O) groups excluding carboxylic acids is 2. The number of benzene rings is 2. The van der Waals surface area contributed by atoms with Crippen molar-refractivity contribution in [3.63, 3.8) is 0 Å². The molecule has 0 spiro atoms. The third-order valence-corrected chi connectivity index (χ3v) is 4.67. The number of nitrogens with zero attached hydrogens (tertiary/aromatic N) is 2. The summed E-state index contributed by atoms with van der Waals surface area (Å²) in [5.41, 5.74) is 0.219. The lowest BCUT2D eigenvalue weighted by atomic mass is 10.1. The number of halogens is 4. The summed E-state index contributed by atoms with van der Waals surface area (Å²) < 4.78 is 45.8. The van der Waals surface area contributed by atoms with E-state index < -0.39 is 17.9 Å². The molecule has 0 aliphatic carbocycles. The van der Waals surface area contributed by atoms with Crippen molar-refractivity contribution in [3.05, 3.63) is 70.9 Å². The van der Waals surface area contributed by atoms with Gasteiger partial charge in [0, 0.05) is 23.2 Å². The lowest BCUT2D eigenvalue weighted by Gasteiger charge is -2.11. The minimum atomic E-state index is -4.71. The lowest BCUT2D eigenvalue weighted by molar-refractivity contribution is -0.143. The smallest absolute Gasteiger partial charge is 0.435 e. The molecule has 7 nitrogen and oxygen atoms in total. The zero-order valence-electron chi connectivity index (χ0n) is 17.4. The van der Waals surface area contributed by atoms with Gasteiger partial charge >= 0.3 is 18.2 Å². The predicted molar refractivity (Wildman–Crippen MR) is 118 cm³/mol. The van der Waals surface area contributed by atoms with E-state index in [1.54, 1.807) is 55.5 Å². The van der Waals surface area contributed by atoms with E-state index in [1.807, 2.05) is 0 Å². The van der Waals surface area contributed by atoms with E-state index in [-0.39, 0.29) is 30.5 Å². The number of anilines is 2. The van der Waals surface area contributed by atoms with Crippen LogP contribution < -0.4 is 10.6 Å². The number of amides is 2. The Balaban J connectivity index is 1.84. The first kappa shape index (κ1) is 24.1. The molecule has 0 fully saturated rings. The summed E-state index contributed by atoms with van der Waals surface area (Å²) in [6.45, 7) is 1.96. The number of hydrogen-bond donors (Lipinski definition) is 2. The zero-order chi connectivity index (χ0) is 24.0. The first-order valence-corrected chi connectivity index (χ1v) is 10.3. The largest absolute Gasteiger partial charge is 0.466 e. The molecular weight excluding hydrogens is 461 g/mol. The summed E-state index contributed by atoms with van der Waals surface area (Å²) in [6, 6.07) is 12.7. The second kappa shape index (κ2) is 10.4. The molecular formula is C22H20ClF3N4O3. The second-order valence-electron chi connectivity index (χ2n) is 6.89. The van der Waals surface area contributed by atoms with Gasteiger partial charge in [0.15, 0.2) is 5.69 Å². The molecule has 0 aliphatic heterocycles. The summed E-state index contributed by atoms with van der Waals surface area (Å²) in [6.07, 6.45) is -4.26. The van der Waals surface area contributed by atoms with E-state index in [0.717, 1.165) is 10.7 Å². The van der Waals surface area contributed by atoms with E-state index in [0.29, 0.717) is 22.7 Å². The number of ether oxygens (including phenoxy) is 1. The zero-order valence-corrected chi connectivity index (χ0v) is 18.2. The maximum Gasteiger partial charge on any atom is 0.435 e. The van der Waals surface area contributed by atoms with Gasteiger partial charge in [0.1, 0.15) is 5.82 Å². The lowest BCUT2D eigenvalue weighted by Crippen LogP contribution is -2.21. The Bertz CT molecular complexity index is 1130. The molecule has 3 aromatic rings. The van der Waals surface area contributed by atoms with Crippen LogP contribution in [-0.4, -0.2) is 28.4 Å². The van der Waals surface area contributed by atoms with E-state index in [1.165, 1.54) is 0 Å². The molecule has 0 saturated carbocycles. The van der Waals surface area contributed by atoms with Gasteiger partial charge in [0.2, 0.25) is 0 Å². The van der Waals surface area contributed by atoms with Crippen LogP contribution in [0.5, 0.6) is 0 Å². The van der Waals surface area contributed by atoms with Gasteiger partial charge in [-0.2, -0.15) is 18.3 Å². The Morgan fingerprint density at radius 3 is 2.48 bits per heavy atom. The first-order valence-electron chi connectivity index (χ1n) is 9.91. The average Bonchev–Trinajstić information content (AvgIpc) is 3.18. The van der Waals surface area contributed by atoms with Crippen LogP contribution in [-0.2, 0) is 22.1 Å². The van der Waals surface area contributed by atoms with Crippen LogP contribution >= 0.6 is 11.6 Å². The number of esters is 1. The normalized spacial score (nSPS) is 11.2. The minimum Gasteiger partial charge on any atom is -0.466 e. The molecule has 2 amide bonds. The maximum atomic E-state index is 13.3. The third kappa shape index (κ3) is 6.72. The molecule has 1 aromatic heterocycles. The van der Waals surface area contributed by atoms with Gasteiger partial charge in [0.25, 0.3) is 0 Å².